The van der Waals surface area contributed by atoms with E-state index < -0.39 is 41.5 Å². The van der Waals surface area contributed by atoms with E-state index in [1.54, 1.807) is 25.1 Å². The minimum atomic E-state index is -4.66. The highest BCUT2D eigenvalue weighted by Crippen LogP contribution is 2.40. The lowest BCUT2D eigenvalue weighted by Gasteiger charge is -2.37. The molecular formula is C21H24F3N5O3. The predicted molar refractivity (Wildman–Crippen MR) is 111 cm³/mol. The van der Waals surface area contributed by atoms with Crippen LogP contribution in [-0.2, 0) is 11.0 Å². The van der Waals surface area contributed by atoms with Gasteiger partial charge < -0.3 is 15.4 Å². The number of benzene rings is 1. The zero-order valence-corrected chi connectivity index (χ0v) is 18.2. The van der Waals surface area contributed by atoms with Crippen LogP contribution in [0.5, 0.6) is 5.75 Å². The van der Waals surface area contributed by atoms with Crippen molar-refractivity contribution in [2.24, 2.45) is 0 Å². The molecule has 1 aromatic carbocycles. The Morgan fingerprint density at radius 1 is 1.22 bits per heavy atom. The maximum atomic E-state index is 13.1. The number of rotatable bonds is 3. The van der Waals surface area contributed by atoms with Crippen LogP contribution in [0.15, 0.2) is 30.6 Å². The van der Waals surface area contributed by atoms with Gasteiger partial charge in [-0.05, 0) is 46.8 Å². The normalized spacial score (nSPS) is 17.3. The summed E-state index contributed by atoms with van der Waals surface area (Å²) in [5.41, 5.74) is -0.811. The van der Waals surface area contributed by atoms with Crippen LogP contribution < -0.4 is 20.3 Å². The molecule has 2 heterocycles. The smallest absolute Gasteiger partial charge is 0.434 e. The summed E-state index contributed by atoms with van der Waals surface area (Å²) in [6.07, 6.45) is -3.71. The number of urea groups is 1. The van der Waals surface area contributed by atoms with Gasteiger partial charge in [0, 0.05) is 17.3 Å². The highest BCUT2D eigenvalue weighted by molar-refractivity contribution is 6.01. The summed E-state index contributed by atoms with van der Waals surface area (Å²) >= 11 is 0. The molecule has 2 atom stereocenters. The molecule has 3 rings (SSSR count). The molecule has 32 heavy (non-hydrogen) atoms. The maximum Gasteiger partial charge on any atom is 0.434 e. The zero-order valence-electron chi connectivity index (χ0n) is 18.2. The van der Waals surface area contributed by atoms with Crippen molar-refractivity contribution in [1.82, 2.24) is 15.3 Å². The number of amides is 3. The molecule has 0 aliphatic carbocycles. The fourth-order valence-electron chi connectivity index (χ4n) is 3.19. The largest absolute Gasteiger partial charge is 0.479 e. The maximum absolute atomic E-state index is 13.1. The van der Waals surface area contributed by atoms with Gasteiger partial charge in [0.25, 0.3) is 5.91 Å². The summed E-state index contributed by atoms with van der Waals surface area (Å²) < 4.78 is 44.9. The number of nitrogens with one attached hydrogen (secondary N) is 2. The van der Waals surface area contributed by atoms with Crippen molar-refractivity contribution in [3.05, 3.63) is 42.0 Å². The first-order valence-electron chi connectivity index (χ1n) is 9.88. The summed E-state index contributed by atoms with van der Waals surface area (Å²) in [6, 6.07) is 3.43. The van der Waals surface area contributed by atoms with Crippen LogP contribution >= 0.6 is 0 Å². The molecule has 0 saturated heterocycles. The van der Waals surface area contributed by atoms with E-state index in [0.717, 1.165) is 0 Å². The monoisotopic (exact) mass is 451 g/mol. The SMILES string of the molecule is CC(c1cncc(C(F)(F)F)n1)N1C(=O)[C@@H](C)Oc2cc(NC(=O)NC(C)(C)C)ccc21. The first-order valence-corrected chi connectivity index (χ1v) is 9.88. The summed E-state index contributed by atoms with van der Waals surface area (Å²) in [5.74, 6) is -0.132. The predicted octanol–water partition coefficient (Wildman–Crippen LogP) is 4.29. The van der Waals surface area contributed by atoms with Gasteiger partial charge in [-0.25, -0.2) is 9.78 Å². The molecule has 0 bridgehead atoms. The van der Waals surface area contributed by atoms with E-state index in [9.17, 15) is 22.8 Å². The number of halogens is 3. The third-order valence-corrected chi connectivity index (χ3v) is 4.61. The second-order valence-electron chi connectivity index (χ2n) is 8.48. The van der Waals surface area contributed by atoms with Crippen molar-refractivity contribution in [3.63, 3.8) is 0 Å². The standard InChI is InChI=1S/C21H24F3N5O3/c1-11(14-9-25-10-17(27-14)21(22,23)24)29-15-7-6-13(26-19(31)28-20(3,4)5)8-16(15)32-12(2)18(29)30/h6-12H,1-5H3,(H2,26,28,31)/t11?,12-/m1/s1. The summed E-state index contributed by atoms with van der Waals surface area (Å²) in [4.78, 5) is 33.6. The van der Waals surface area contributed by atoms with E-state index in [1.807, 2.05) is 20.8 Å². The van der Waals surface area contributed by atoms with Gasteiger partial charge in [-0.3, -0.25) is 14.7 Å². The molecule has 2 N–H and O–H groups in total. The number of alkyl halides is 3. The molecule has 0 spiro atoms. The van der Waals surface area contributed by atoms with Crippen molar-refractivity contribution in [2.45, 2.75) is 58.5 Å². The van der Waals surface area contributed by atoms with E-state index in [1.165, 1.54) is 18.0 Å². The summed E-state index contributed by atoms with van der Waals surface area (Å²) in [7, 11) is 0. The van der Waals surface area contributed by atoms with Gasteiger partial charge >= 0.3 is 12.2 Å². The highest BCUT2D eigenvalue weighted by atomic mass is 19.4. The van der Waals surface area contributed by atoms with E-state index >= 15 is 0 Å². The van der Waals surface area contributed by atoms with E-state index in [4.69, 9.17) is 4.74 Å². The van der Waals surface area contributed by atoms with Gasteiger partial charge in [-0.15, -0.1) is 0 Å². The number of hydrogen-bond acceptors (Lipinski definition) is 5. The van der Waals surface area contributed by atoms with Gasteiger partial charge in [0.15, 0.2) is 11.8 Å². The van der Waals surface area contributed by atoms with Gasteiger partial charge in [0.1, 0.15) is 5.75 Å². The lowest BCUT2D eigenvalue weighted by Crippen LogP contribution is -2.46. The number of nitrogens with zero attached hydrogens (tertiary/aromatic N) is 3. The minimum absolute atomic E-state index is 0.0139. The van der Waals surface area contributed by atoms with Gasteiger partial charge in [-0.1, -0.05) is 0 Å². The van der Waals surface area contributed by atoms with Gasteiger partial charge in [0.05, 0.1) is 29.8 Å². The van der Waals surface area contributed by atoms with Crippen LogP contribution in [0.1, 0.15) is 52.0 Å². The average molecular weight is 451 g/mol. The number of carbonyl (C=O) groups excluding carboxylic acids is 2. The second-order valence-corrected chi connectivity index (χ2v) is 8.48. The third-order valence-electron chi connectivity index (χ3n) is 4.61. The fourth-order valence-corrected chi connectivity index (χ4v) is 3.19. The van der Waals surface area contributed by atoms with Crippen LogP contribution in [0.4, 0.5) is 29.3 Å². The molecular weight excluding hydrogens is 427 g/mol. The first-order chi connectivity index (χ1) is 14.8. The van der Waals surface area contributed by atoms with Crippen molar-refractivity contribution < 1.29 is 27.5 Å². The summed E-state index contributed by atoms with van der Waals surface area (Å²) in [6.45, 7) is 8.62. The van der Waals surface area contributed by atoms with Gasteiger partial charge in [-0.2, -0.15) is 13.2 Å². The van der Waals surface area contributed by atoms with Crippen molar-refractivity contribution in [1.29, 1.82) is 0 Å². The fraction of sp³-hybridized carbons (Fsp3) is 0.429. The third kappa shape index (κ3) is 5.09. The van der Waals surface area contributed by atoms with E-state index in [0.29, 0.717) is 23.3 Å². The number of ether oxygens (including phenoxy) is 1. The van der Waals surface area contributed by atoms with Crippen LogP contribution in [0, 0.1) is 0 Å². The zero-order chi connectivity index (χ0) is 23.8. The van der Waals surface area contributed by atoms with Crippen LogP contribution in [0.3, 0.4) is 0 Å². The molecule has 11 heteroatoms. The summed E-state index contributed by atoms with van der Waals surface area (Å²) in [5, 5.41) is 5.46. The average Bonchev–Trinajstić information content (AvgIpc) is 2.66. The molecule has 1 unspecified atom stereocenters. The molecule has 0 radical (unpaired) electrons. The lowest BCUT2D eigenvalue weighted by molar-refractivity contribution is -0.141. The number of anilines is 2. The molecule has 1 aliphatic rings. The topological polar surface area (TPSA) is 96.5 Å². The second kappa shape index (κ2) is 8.29. The Morgan fingerprint density at radius 2 is 1.91 bits per heavy atom. The Balaban J connectivity index is 1.92. The number of fused-ring (bicyclic) bond motifs is 1. The quantitative estimate of drug-likeness (QED) is 0.726. The van der Waals surface area contributed by atoms with E-state index in [-0.39, 0.29) is 5.69 Å². The Kier molecular flexibility index (Phi) is 6.03. The molecule has 0 saturated carbocycles. The molecule has 1 aliphatic heterocycles. The van der Waals surface area contributed by atoms with Crippen molar-refractivity contribution >= 4 is 23.3 Å². The molecule has 1 aromatic heterocycles. The molecule has 2 aromatic rings. The number of aromatic nitrogens is 2. The Hall–Kier alpha value is -3.37. The molecule has 0 fully saturated rings. The molecule has 3 amide bonds. The van der Waals surface area contributed by atoms with Gasteiger partial charge in [0.2, 0.25) is 0 Å². The van der Waals surface area contributed by atoms with Crippen LogP contribution in [-0.4, -0.2) is 33.5 Å². The van der Waals surface area contributed by atoms with Crippen LogP contribution in [0.2, 0.25) is 0 Å². The highest BCUT2D eigenvalue weighted by Gasteiger charge is 2.38. The Morgan fingerprint density at radius 3 is 2.53 bits per heavy atom. The number of hydrogen-bond donors (Lipinski definition) is 2. The Bertz CT molecular complexity index is 1040. The molecule has 172 valence electrons. The molecule has 8 nitrogen and oxygen atoms in total. The van der Waals surface area contributed by atoms with E-state index in [2.05, 4.69) is 20.6 Å². The lowest BCUT2D eigenvalue weighted by atomic mass is 10.1. The number of carbonyl (C=O) groups is 2. The Labute approximate surface area is 183 Å². The minimum Gasteiger partial charge on any atom is -0.479 e. The van der Waals surface area contributed by atoms with Crippen LogP contribution in [0.25, 0.3) is 0 Å². The van der Waals surface area contributed by atoms with Crippen molar-refractivity contribution in [2.75, 3.05) is 10.2 Å². The van der Waals surface area contributed by atoms with Crippen molar-refractivity contribution in [3.8, 4) is 5.75 Å². The first kappa shape index (κ1) is 23.3.